The maximum absolute atomic E-state index is 6.45. The molecule has 0 radical (unpaired) electrons. The van der Waals surface area contributed by atoms with E-state index >= 15 is 0 Å². The summed E-state index contributed by atoms with van der Waals surface area (Å²) < 4.78 is 2.15. The zero-order valence-electron chi connectivity index (χ0n) is 10.5. The van der Waals surface area contributed by atoms with E-state index in [1.54, 1.807) is 0 Å². The monoisotopic (exact) mass is 216 g/mol. The van der Waals surface area contributed by atoms with Crippen molar-refractivity contribution in [2.75, 3.05) is 0 Å². The number of fused-ring (bicyclic) bond motifs is 1. The van der Waals surface area contributed by atoms with Crippen molar-refractivity contribution in [2.24, 2.45) is 18.7 Å². The van der Waals surface area contributed by atoms with E-state index in [2.05, 4.69) is 62.8 Å². The highest BCUT2D eigenvalue weighted by Gasteiger charge is 2.28. The number of nitrogens with two attached hydrogens (primary N) is 1. The SMILES string of the molecule is CC(C)C(C)(N)c1cn(C)c2ccccc12. The maximum atomic E-state index is 6.45. The normalized spacial score (nSPS) is 15.6. The van der Waals surface area contributed by atoms with Crippen molar-refractivity contribution in [1.82, 2.24) is 4.57 Å². The number of benzene rings is 1. The van der Waals surface area contributed by atoms with Gasteiger partial charge in [-0.25, -0.2) is 0 Å². The molecule has 0 fully saturated rings. The highest BCUT2D eigenvalue weighted by molar-refractivity contribution is 5.84. The van der Waals surface area contributed by atoms with Crippen molar-refractivity contribution in [3.8, 4) is 0 Å². The smallest absolute Gasteiger partial charge is 0.0481 e. The molecule has 0 bridgehead atoms. The molecule has 1 heterocycles. The number of hydrogen-bond acceptors (Lipinski definition) is 1. The van der Waals surface area contributed by atoms with E-state index in [-0.39, 0.29) is 5.54 Å². The lowest BCUT2D eigenvalue weighted by Gasteiger charge is -2.29. The van der Waals surface area contributed by atoms with Crippen LogP contribution in [0.2, 0.25) is 0 Å². The predicted octanol–water partition coefficient (Wildman–Crippen LogP) is 3.01. The van der Waals surface area contributed by atoms with Gasteiger partial charge in [-0.15, -0.1) is 0 Å². The quantitative estimate of drug-likeness (QED) is 0.822. The summed E-state index contributed by atoms with van der Waals surface area (Å²) in [5.41, 5.74) is 8.65. The molecule has 2 nitrogen and oxygen atoms in total. The van der Waals surface area contributed by atoms with Crippen molar-refractivity contribution in [3.63, 3.8) is 0 Å². The first-order valence-electron chi connectivity index (χ1n) is 5.78. The molecule has 1 aromatic carbocycles. The number of para-hydroxylation sites is 1. The maximum Gasteiger partial charge on any atom is 0.0481 e. The van der Waals surface area contributed by atoms with Crippen molar-refractivity contribution in [1.29, 1.82) is 0 Å². The lowest BCUT2D eigenvalue weighted by molar-refractivity contribution is 0.353. The number of aromatic nitrogens is 1. The Hall–Kier alpha value is -1.28. The third-order valence-electron chi connectivity index (χ3n) is 3.68. The van der Waals surface area contributed by atoms with Gasteiger partial charge < -0.3 is 10.3 Å². The molecular formula is C14H20N2. The largest absolute Gasteiger partial charge is 0.350 e. The summed E-state index contributed by atoms with van der Waals surface area (Å²) in [4.78, 5) is 0. The summed E-state index contributed by atoms with van der Waals surface area (Å²) >= 11 is 0. The first kappa shape index (κ1) is 11.2. The Balaban J connectivity index is 2.71. The van der Waals surface area contributed by atoms with E-state index in [0.717, 1.165) is 0 Å². The van der Waals surface area contributed by atoms with Gasteiger partial charge in [0.05, 0.1) is 0 Å². The zero-order valence-corrected chi connectivity index (χ0v) is 10.5. The molecule has 86 valence electrons. The summed E-state index contributed by atoms with van der Waals surface area (Å²) in [5, 5.41) is 1.27. The molecule has 0 aliphatic rings. The van der Waals surface area contributed by atoms with Gasteiger partial charge in [-0.05, 0) is 24.5 Å². The predicted molar refractivity (Wildman–Crippen MR) is 69.3 cm³/mol. The second kappa shape index (κ2) is 3.63. The van der Waals surface area contributed by atoms with E-state index < -0.39 is 0 Å². The Kier molecular flexibility index (Phi) is 2.55. The Bertz CT molecular complexity index is 506. The van der Waals surface area contributed by atoms with Gasteiger partial charge in [0, 0.05) is 29.7 Å². The second-order valence-corrected chi connectivity index (χ2v) is 5.11. The summed E-state index contributed by atoms with van der Waals surface area (Å²) in [6.07, 6.45) is 2.16. The topological polar surface area (TPSA) is 30.9 Å². The lowest BCUT2D eigenvalue weighted by Crippen LogP contribution is -2.38. The Morgan fingerprint density at radius 2 is 1.88 bits per heavy atom. The van der Waals surface area contributed by atoms with Gasteiger partial charge in [-0.1, -0.05) is 32.0 Å². The molecular weight excluding hydrogens is 196 g/mol. The van der Waals surface area contributed by atoms with Crippen molar-refractivity contribution in [2.45, 2.75) is 26.3 Å². The molecule has 0 aliphatic carbocycles. The Morgan fingerprint density at radius 3 is 2.50 bits per heavy atom. The van der Waals surface area contributed by atoms with Crippen LogP contribution >= 0.6 is 0 Å². The van der Waals surface area contributed by atoms with Gasteiger partial charge in [0.15, 0.2) is 0 Å². The number of rotatable bonds is 2. The van der Waals surface area contributed by atoms with Gasteiger partial charge in [0.2, 0.25) is 0 Å². The van der Waals surface area contributed by atoms with Crippen LogP contribution in [-0.4, -0.2) is 4.57 Å². The third kappa shape index (κ3) is 1.54. The van der Waals surface area contributed by atoms with Gasteiger partial charge in [0.25, 0.3) is 0 Å². The molecule has 1 unspecified atom stereocenters. The molecule has 2 heteroatoms. The fourth-order valence-electron chi connectivity index (χ4n) is 2.08. The minimum atomic E-state index is -0.277. The fraction of sp³-hybridized carbons (Fsp3) is 0.429. The summed E-state index contributed by atoms with van der Waals surface area (Å²) in [6, 6.07) is 8.42. The molecule has 16 heavy (non-hydrogen) atoms. The number of nitrogens with zero attached hydrogens (tertiary/aromatic N) is 1. The molecule has 1 aromatic heterocycles. The molecule has 1 atom stereocenters. The summed E-state index contributed by atoms with van der Waals surface area (Å²) in [5.74, 6) is 0.415. The van der Waals surface area contributed by atoms with Crippen LogP contribution in [0.1, 0.15) is 26.3 Å². The van der Waals surface area contributed by atoms with Crippen molar-refractivity contribution in [3.05, 3.63) is 36.0 Å². The van der Waals surface area contributed by atoms with Crippen LogP contribution in [0.5, 0.6) is 0 Å². The van der Waals surface area contributed by atoms with Crippen LogP contribution in [-0.2, 0) is 12.6 Å². The fourth-order valence-corrected chi connectivity index (χ4v) is 2.08. The van der Waals surface area contributed by atoms with Gasteiger partial charge in [0.1, 0.15) is 0 Å². The van der Waals surface area contributed by atoms with Crippen LogP contribution in [0.4, 0.5) is 0 Å². The lowest BCUT2D eigenvalue weighted by atomic mass is 9.82. The van der Waals surface area contributed by atoms with Gasteiger partial charge >= 0.3 is 0 Å². The van der Waals surface area contributed by atoms with E-state index in [1.807, 2.05) is 0 Å². The van der Waals surface area contributed by atoms with E-state index in [1.165, 1.54) is 16.5 Å². The Labute approximate surface area is 97.1 Å². The first-order valence-corrected chi connectivity index (χ1v) is 5.78. The van der Waals surface area contributed by atoms with E-state index in [0.29, 0.717) is 5.92 Å². The van der Waals surface area contributed by atoms with E-state index in [9.17, 15) is 0 Å². The minimum Gasteiger partial charge on any atom is -0.350 e. The average Bonchev–Trinajstić information content (AvgIpc) is 2.57. The van der Waals surface area contributed by atoms with Gasteiger partial charge in [-0.3, -0.25) is 0 Å². The van der Waals surface area contributed by atoms with Crippen LogP contribution in [0.3, 0.4) is 0 Å². The number of aryl methyl sites for hydroxylation is 1. The summed E-state index contributed by atoms with van der Waals surface area (Å²) in [6.45, 7) is 6.45. The van der Waals surface area contributed by atoms with E-state index in [4.69, 9.17) is 5.73 Å². The van der Waals surface area contributed by atoms with Crippen LogP contribution in [0, 0.1) is 5.92 Å². The zero-order chi connectivity index (χ0) is 11.9. The molecule has 0 saturated heterocycles. The molecule has 0 spiro atoms. The molecule has 0 aliphatic heterocycles. The highest BCUT2D eigenvalue weighted by Crippen LogP contribution is 2.33. The van der Waals surface area contributed by atoms with Crippen molar-refractivity contribution >= 4 is 10.9 Å². The second-order valence-electron chi connectivity index (χ2n) is 5.11. The third-order valence-corrected chi connectivity index (χ3v) is 3.68. The highest BCUT2D eigenvalue weighted by atomic mass is 14.9. The average molecular weight is 216 g/mol. The standard InChI is InChI=1S/C14H20N2/c1-10(2)14(3,15)12-9-16(4)13-8-6-5-7-11(12)13/h5-10H,15H2,1-4H3. The summed E-state index contributed by atoms with van der Waals surface area (Å²) in [7, 11) is 2.07. The molecule has 0 amide bonds. The van der Waals surface area contributed by atoms with Crippen LogP contribution < -0.4 is 5.73 Å². The van der Waals surface area contributed by atoms with Gasteiger partial charge in [-0.2, -0.15) is 0 Å². The molecule has 2 rings (SSSR count). The van der Waals surface area contributed by atoms with Crippen LogP contribution in [0.25, 0.3) is 10.9 Å². The minimum absolute atomic E-state index is 0.277. The Morgan fingerprint density at radius 1 is 1.25 bits per heavy atom. The van der Waals surface area contributed by atoms with Crippen LogP contribution in [0.15, 0.2) is 30.5 Å². The van der Waals surface area contributed by atoms with Crippen molar-refractivity contribution < 1.29 is 0 Å². The molecule has 2 N–H and O–H groups in total. The molecule has 2 aromatic rings. The number of hydrogen-bond donors (Lipinski definition) is 1. The first-order chi connectivity index (χ1) is 7.44. The molecule has 0 saturated carbocycles.